The maximum absolute atomic E-state index is 8.95. The Labute approximate surface area is 110 Å². The molecular formula is C7H10Na2O2. The fourth-order valence-corrected chi connectivity index (χ4v) is 0.645. The van der Waals surface area contributed by atoms with Crippen LogP contribution in [0.1, 0.15) is 5.56 Å². The SMILES string of the molecule is OCc1ccccc1O.[NaH].[NaH]. The summed E-state index contributed by atoms with van der Waals surface area (Å²) in [7, 11) is 0. The van der Waals surface area contributed by atoms with E-state index in [9.17, 15) is 0 Å². The summed E-state index contributed by atoms with van der Waals surface area (Å²) in [6, 6.07) is 6.71. The fourth-order valence-electron chi connectivity index (χ4n) is 0.645. The molecule has 2 N–H and O–H groups in total. The van der Waals surface area contributed by atoms with Gasteiger partial charge >= 0.3 is 59.1 Å². The molecule has 0 aromatic heterocycles. The molecule has 0 amide bonds. The molecule has 0 aliphatic carbocycles. The van der Waals surface area contributed by atoms with Crippen LogP contribution in [0.25, 0.3) is 0 Å². The molecule has 0 aliphatic heterocycles. The van der Waals surface area contributed by atoms with Crippen LogP contribution in [0.15, 0.2) is 24.3 Å². The maximum atomic E-state index is 8.95. The van der Waals surface area contributed by atoms with E-state index in [1.54, 1.807) is 24.3 Å². The minimum atomic E-state index is -0.104. The summed E-state index contributed by atoms with van der Waals surface area (Å²) in [4.78, 5) is 0. The zero-order valence-corrected chi connectivity index (χ0v) is 4.91. The molecule has 0 aliphatic rings. The van der Waals surface area contributed by atoms with E-state index in [0.29, 0.717) is 5.56 Å². The number of hydrogen-bond donors (Lipinski definition) is 2. The molecule has 1 rings (SSSR count). The van der Waals surface area contributed by atoms with Crippen LogP contribution in [0.2, 0.25) is 0 Å². The van der Waals surface area contributed by atoms with Gasteiger partial charge in [-0.25, -0.2) is 0 Å². The molecule has 0 saturated carbocycles. The predicted molar refractivity (Wildman–Crippen MR) is 48.3 cm³/mol. The Bertz CT molecular complexity index is 203. The average Bonchev–Trinajstić information content (AvgIpc) is 1.89. The number of phenols is 1. The van der Waals surface area contributed by atoms with Crippen LogP contribution in [-0.2, 0) is 6.61 Å². The van der Waals surface area contributed by atoms with Crippen LogP contribution in [0.5, 0.6) is 5.75 Å². The number of aliphatic hydroxyl groups excluding tert-OH is 1. The van der Waals surface area contributed by atoms with Crippen molar-refractivity contribution in [3.05, 3.63) is 29.8 Å². The van der Waals surface area contributed by atoms with E-state index in [2.05, 4.69) is 0 Å². The standard InChI is InChI=1S/C7H8O2.2Na.2H/c8-5-6-3-1-2-4-7(6)9;;;;/h1-4,8-9H,5H2;;;;. The summed E-state index contributed by atoms with van der Waals surface area (Å²) >= 11 is 0. The van der Waals surface area contributed by atoms with Crippen molar-refractivity contribution in [1.82, 2.24) is 0 Å². The Balaban J connectivity index is 0. The van der Waals surface area contributed by atoms with Gasteiger partial charge in [0.2, 0.25) is 0 Å². The van der Waals surface area contributed by atoms with Gasteiger partial charge in [0, 0.05) is 5.56 Å². The second kappa shape index (κ2) is 7.62. The zero-order chi connectivity index (χ0) is 6.69. The first-order chi connectivity index (χ1) is 4.34. The minimum absolute atomic E-state index is 0. The van der Waals surface area contributed by atoms with E-state index in [-0.39, 0.29) is 71.5 Å². The Morgan fingerprint density at radius 1 is 1.09 bits per heavy atom. The molecule has 0 saturated heterocycles. The molecule has 1 aromatic carbocycles. The Morgan fingerprint density at radius 3 is 2.00 bits per heavy atom. The molecule has 1 aromatic rings. The molecule has 0 heterocycles. The molecule has 0 radical (unpaired) electrons. The average molecular weight is 172 g/mol. The third-order valence-corrected chi connectivity index (χ3v) is 1.16. The van der Waals surface area contributed by atoms with E-state index in [4.69, 9.17) is 10.2 Å². The summed E-state index contributed by atoms with van der Waals surface area (Å²) in [6.45, 7) is -0.104. The summed E-state index contributed by atoms with van der Waals surface area (Å²) in [6.07, 6.45) is 0. The van der Waals surface area contributed by atoms with Crippen molar-refractivity contribution in [3.8, 4) is 5.75 Å². The molecule has 0 unspecified atom stereocenters. The fraction of sp³-hybridized carbons (Fsp3) is 0.143. The second-order valence-corrected chi connectivity index (χ2v) is 1.79. The third-order valence-electron chi connectivity index (χ3n) is 1.16. The Morgan fingerprint density at radius 2 is 1.64 bits per heavy atom. The first-order valence-corrected chi connectivity index (χ1v) is 2.72. The van der Waals surface area contributed by atoms with Crippen molar-refractivity contribution in [3.63, 3.8) is 0 Å². The zero-order valence-electron chi connectivity index (χ0n) is 4.91. The molecular weight excluding hydrogens is 162 g/mol. The molecule has 11 heavy (non-hydrogen) atoms. The molecule has 0 spiro atoms. The number of hydrogen-bond acceptors (Lipinski definition) is 2. The van der Waals surface area contributed by atoms with E-state index in [1.807, 2.05) is 0 Å². The van der Waals surface area contributed by atoms with Gasteiger partial charge in [0.05, 0.1) is 6.61 Å². The van der Waals surface area contributed by atoms with Crippen molar-refractivity contribution >= 4 is 59.1 Å². The van der Waals surface area contributed by atoms with Gasteiger partial charge in [-0.15, -0.1) is 0 Å². The van der Waals surface area contributed by atoms with Gasteiger partial charge in [-0.2, -0.15) is 0 Å². The first-order valence-electron chi connectivity index (χ1n) is 2.72. The van der Waals surface area contributed by atoms with Crippen molar-refractivity contribution in [1.29, 1.82) is 0 Å². The van der Waals surface area contributed by atoms with Gasteiger partial charge in [-0.3, -0.25) is 0 Å². The van der Waals surface area contributed by atoms with Gasteiger partial charge in [-0.05, 0) is 6.07 Å². The van der Waals surface area contributed by atoms with Crippen LogP contribution in [0.4, 0.5) is 0 Å². The van der Waals surface area contributed by atoms with Crippen molar-refractivity contribution in [2.24, 2.45) is 0 Å². The van der Waals surface area contributed by atoms with Crippen LogP contribution in [0.3, 0.4) is 0 Å². The molecule has 52 valence electrons. The van der Waals surface area contributed by atoms with Gasteiger partial charge in [0.1, 0.15) is 5.75 Å². The number of aromatic hydroxyl groups is 1. The molecule has 0 bridgehead atoms. The third kappa shape index (κ3) is 4.53. The van der Waals surface area contributed by atoms with Crippen molar-refractivity contribution < 1.29 is 10.2 Å². The van der Waals surface area contributed by atoms with E-state index >= 15 is 0 Å². The van der Waals surface area contributed by atoms with Gasteiger partial charge < -0.3 is 10.2 Å². The van der Waals surface area contributed by atoms with Crippen LogP contribution in [-0.4, -0.2) is 69.3 Å². The molecule has 4 heteroatoms. The molecule has 0 fully saturated rings. The van der Waals surface area contributed by atoms with Crippen molar-refractivity contribution in [2.45, 2.75) is 6.61 Å². The van der Waals surface area contributed by atoms with E-state index in [1.165, 1.54) is 0 Å². The summed E-state index contributed by atoms with van der Waals surface area (Å²) in [5.41, 5.74) is 0.567. The normalized spacial score (nSPS) is 7.73. The summed E-state index contributed by atoms with van der Waals surface area (Å²) in [5, 5.41) is 17.5. The first kappa shape index (κ1) is 14.5. The van der Waals surface area contributed by atoms with E-state index < -0.39 is 0 Å². The van der Waals surface area contributed by atoms with Gasteiger partial charge in [0.25, 0.3) is 0 Å². The van der Waals surface area contributed by atoms with Crippen LogP contribution >= 0.6 is 0 Å². The Hall–Kier alpha value is 0.980. The Kier molecular flexibility index (Phi) is 10.0. The number of benzene rings is 1. The monoisotopic (exact) mass is 172 g/mol. The molecule has 0 atom stereocenters. The summed E-state index contributed by atoms with van der Waals surface area (Å²) in [5.74, 6) is 0.153. The second-order valence-electron chi connectivity index (χ2n) is 1.79. The van der Waals surface area contributed by atoms with Crippen molar-refractivity contribution in [2.75, 3.05) is 0 Å². The summed E-state index contributed by atoms with van der Waals surface area (Å²) < 4.78 is 0. The number of rotatable bonds is 1. The molecule has 2 nitrogen and oxygen atoms in total. The number of aliphatic hydroxyl groups is 1. The van der Waals surface area contributed by atoms with Gasteiger partial charge in [-0.1, -0.05) is 18.2 Å². The quantitative estimate of drug-likeness (QED) is 0.565. The topological polar surface area (TPSA) is 40.5 Å². The van der Waals surface area contributed by atoms with Crippen LogP contribution in [0, 0.1) is 0 Å². The number of para-hydroxylation sites is 1. The van der Waals surface area contributed by atoms with E-state index in [0.717, 1.165) is 0 Å². The predicted octanol–water partition coefficient (Wildman–Crippen LogP) is -0.413. The van der Waals surface area contributed by atoms with Crippen LogP contribution < -0.4 is 0 Å². The van der Waals surface area contributed by atoms with Gasteiger partial charge in [0.15, 0.2) is 0 Å².